The monoisotopic (exact) mass is 161 g/mol. The third-order valence-electron chi connectivity index (χ3n) is 0.900. The Labute approximate surface area is 64.4 Å². The molecule has 0 atom stereocenters. The van der Waals surface area contributed by atoms with Crippen LogP contribution >= 0.6 is 11.8 Å². The Morgan fingerprint density at radius 1 is 1.50 bits per heavy atom. The molecule has 0 aliphatic carbocycles. The van der Waals surface area contributed by atoms with Crippen LogP contribution in [-0.4, -0.2) is 16.8 Å². The normalized spacial score (nSPS) is 9.30. The molecule has 0 rings (SSSR count). The number of nitrogens with two attached hydrogens (primary N) is 1. The van der Waals surface area contributed by atoms with Gasteiger partial charge in [0.05, 0.1) is 0 Å². The van der Waals surface area contributed by atoms with Gasteiger partial charge in [0, 0.05) is 18.6 Å². The molecule has 58 valence electrons. The van der Waals surface area contributed by atoms with Crippen LogP contribution in [0.1, 0.15) is 19.8 Å². The summed E-state index contributed by atoms with van der Waals surface area (Å²) in [6, 6.07) is 0. The quantitative estimate of drug-likeness (QED) is 0.654. The number of thioether (sulfide) groups is 1. The van der Waals surface area contributed by atoms with Gasteiger partial charge in [-0.25, -0.2) is 0 Å². The van der Waals surface area contributed by atoms with Crippen molar-refractivity contribution in [3.63, 3.8) is 0 Å². The highest BCUT2D eigenvalue weighted by atomic mass is 32.2. The van der Waals surface area contributed by atoms with E-state index in [0.717, 1.165) is 11.8 Å². The maximum Gasteiger partial charge on any atom is 0.218 e. The summed E-state index contributed by atoms with van der Waals surface area (Å²) in [5.41, 5.74) is 4.86. The summed E-state index contributed by atoms with van der Waals surface area (Å²) in [6.07, 6.45) is 0.805. The first-order valence-corrected chi connectivity index (χ1v) is 4.09. The molecular formula is C6H11NO2S. The maximum atomic E-state index is 10.6. The van der Waals surface area contributed by atoms with Crippen molar-refractivity contribution in [1.29, 1.82) is 0 Å². The Hall–Kier alpha value is -0.510. The molecule has 0 aromatic carbocycles. The maximum absolute atomic E-state index is 10.6. The third kappa shape index (κ3) is 5.62. The molecule has 0 aliphatic heterocycles. The molecule has 3 nitrogen and oxygen atoms in total. The standard InChI is InChI=1S/C6H11NO2S/c1-2-6(9)10-4-3-5(7)8/h2-4H2,1H3,(H2,7,8). The molecule has 0 bridgehead atoms. The van der Waals surface area contributed by atoms with Gasteiger partial charge in [-0.3, -0.25) is 9.59 Å². The van der Waals surface area contributed by atoms with Crippen LogP contribution in [0.15, 0.2) is 0 Å². The fourth-order valence-electron chi connectivity index (χ4n) is 0.368. The average molecular weight is 161 g/mol. The highest BCUT2D eigenvalue weighted by Gasteiger charge is 1.99. The largest absolute Gasteiger partial charge is 0.370 e. The van der Waals surface area contributed by atoms with Crippen LogP contribution in [0.4, 0.5) is 0 Å². The molecule has 0 spiro atoms. The Morgan fingerprint density at radius 3 is 2.50 bits per heavy atom. The van der Waals surface area contributed by atoms with Gasteiger partial charge in [-0.05, 0) is 0 Å². The molecule has 0 radical (unpaired) electrons. The Bertz CT molecular complexity index is 136. The smallest absolute Gasteiger partial charge is 0.218 e. The van der Waals surface area contributed by atoms with Crippen molar-refractivity contribution in [3.05, 3.63) is 0 Å². The first-order chi connectivity index (χ1) is 4.66. The van der Waals surface area contributed by atoms with Crippen molar-refractivity contribution in [2.75, 3.05) is 5.75 Å². The lowest BCUT2D eigenvalue weighted by Crippen LogP contribution is -2.11. The first kappa shape index (κ1) is 9.49. The fourth-order valence-corrected chi connectivity index (χ4v) is 1.10. The zero-order chi connectivity index (χ0) is 7.98. The molecule has 1 amide bonds. The molecule has 0 aromatic heterocycles. The van der Waals surface area contributed by atoms with Crippen molar-refractivity contribution < 1.29 is 9.59 Å². The van der Waals surface area contributed by atoms with Gasteiger partial charge in [-0.1, -0.05) is 18.7 Å². The molecule has 2 N–H and O–H groups in total. The number of carbonyl (C=O) groups is 2. The van der Waals surface area contributed by atoms with Crippen LogP contribution in [0.25, 0.3) is 0 Å². The van der Waals surface area contributed by atoms with Crippen LogP contribution in [0.5, 0.6) is 0 Å². The van der Waals surface area contributed by atoms with Crippen LogP contribution in [0, 0.1) is 0 Å². The van der Waals surface area contributed by atoms with Gasteiger partial charge in [-0.2, -0.15) is 0 Å². The number of rotatable bonds is 4. The second-order valence-electron chi connectivity index (χ2n) is 1.79. The van der Waals surface area contributed by atoms with Gasteiger partial charge in [0.25, 0.3) is 0 Å². The zero-order valence-electron chi connectivity index (χ0n) is 5.92. The molecule has 0 aliphatic rings. The van der Waals surface area contributed by atoms with E-state index in [1.807, 2.05) is 0 Å². The van der Waals surface area contributed by atoms with E-state index in [0.29, 0.717) is 12.2 Å². The minimum atomic E-state index is -0.351. The molecule has 4 heteroatoms. The second kappa shape index (κ2) is 5.29. The molecular weight excluding hydrogens is 150 g/mol. The van der Waals surface area contributed by atoms with E-state index in [4.69, 9.17) is 5.73 Å². The average Bonchev–Trinajstić information content (AvgIpc) is 1.87. The Morgan fingerprint density at radius 2 is 2.10 bits per heavy atom. The van der Waals surface area contributed by atoms with Crippen molar-refractivity contribution in [2.45, 2.75) is 19.8 Å². The highest BCUT2D eigenvalue weighted by molar-refractivity contribution is 8.13. The minimum Gasteiger partial charge on any atom is -0.370 e. The van der Waals surface area contributed by atoms with Crippen molar-refractivity contribution in [3.8, 4) is 0 Å². The van der Waals surface area contributed by atoms with Crippen LogP contribution in [0.3, 0.4) is 0 Å². The summed E-state index contributed by atoms with van der Waals surface area (Å²) < 4.78 is 0. The molecule has 0 aromatic rings. The lowest BCUT2D eigenvalue weighted by Gasteiger charge is -1.93. The summed E-state index contributed by atoms with van der Waals surface area (Å²) >= 11 is 1.16. The first-order valence-electron chi connectivity index (χ1n) is 3.10. The second-order valence-corrected chi connectivity index (χ2v) is 2.94. The van der Waals surface area contributed by atoms with Gasteiger partial charge in [0.1, 0.15) is 0 Å². The van der Waals surface area contributed by atoms with E-state index in [9.17, 15) is 9.59 Å². The number of hydrogen-bond donors (Lipinski definition) is 1. The summed E-state index contributed by atoms with van der Waals surface area (Å²) in [5.74, 6) is 0.165. The number of amides is 1. The lowest BCUT2D eigenvalue weighted by molar-refractivity contribution is -0.117. The van der Waals surface area contributed by atoms with E-state index in [1.54, 1.807) is 6.92 Å². The van der Waals surface area contributed by atoms with Crippen LogP contribution in [0.2, 0.25) is 0 Å². The van der Waals surface area contributed by atoms with Gasteiger partial charge in [0.2, 0.25) is 5.91 Å². The topological polar surface area (TPSA) is 60.2 Å². The molecule has 0 saturated heterocycles. The number of carbonyl (C=O) groups excluding carboxylic acids is 2. The molecule has 0 heterocycles. The Balaban J connectivity index is 3.20. The number of hydrogen-bond acceptors (Lipinski definition) is 3. The predicted molar refractivity (Wildman–Crippen MR) is 41.6 cm³/mol. The van der Waals surface area contributed by atoms with Crippen LogP contribution in [-0.2, 0) is 9.59 Å². The number of primary amides is 1. The Kier molecular flexibility index (Phi) is 5.02. The van der Waals surface area contributed by atoms with Gasteiger partial charge >= 0.3 is 0 Å². The van der Waals surface area contributed by atoms with Gasteiger partial charge in [0.15, 0.2) is 5.12 Å². The molecule has 10 heavy (non-hydrogen) atoms. The molecule has 0 saturated carbocycles. The summed E-state index contributed by atoms with van der Waals surface area (Å²) in [5, 5.41) is 0.112. The predicted octanol–water partition coefficient (Wildman–Crippen LogP) is 0.532. The fraction of sp³-hybridized carbons (Fsp3) is 0.667. The summed E-state index contributed by atoms with van der Waals surface area (Å²) in [4.78, 5) is 20.8. The third-order valence-corrected chi connectivity index (χ3v) is 1.92. The molecule has 0 unspecified atom stereocenters. The summed E-state index contributed by atoms with van der Waals surface area (Å²) in [6.45, 7) is 1.79. The minimum absolute atomic E-state index is 0.112. The van der Waals surface area contributed by atoms with Gasteiger partial charge in [-0.15, -0.1) is 0 Å². The molecule has 0 fully saturated rings. The van der Waals surface area contributed by atoms with E-state index in [-0.39, 0.29) is 17.4 Å². The van der Waals surface area contributed by atoms with Crippen molar-refractivity contribution in [1.82, 2.24) is 0 Å². The lowest BCUT2D eigenvalue weighted by atomic mass is 10.5. The van der Waals surface area contributed by atoms with E-state index >= 15 is 0 Å². The van der Waals surface area contributed by atoms with Gasteiger partial charge < -0.3 is 5.73 Å². The van der Waals surface area contributed by atoms with E-state index < -0.39 is 0 Å². The zero-order valence-corrected chi connectivity index (χ0v) is 6.74. The van der Waals surface area contributed by atoms with Crippen molar-refractivity contribution >= 4 is 22.8 Å². The van der Waals surface area contributed by atoms with Crippen molar-refractivity contribution in [2.24, 2.45) is 5.73 Å². The van der Waals surface area contributed by atoms with E-state index in [1.165, 1.54) is 0 Å². The van der Waals surface area contributed by atoms with E-state index in [2.05, 4.69) is 0 Å². The van der Waals surface area contributed by atoms with Crippen LogP contribution < -0.4 is 5.73 Å². The highest BCUT2D eigenvalue weighted by Crippen LogP contribution is 2.05. The summed E-state index contributed by atoms with van der Waals surface area (Å²) in [7, 11) is 0. The SMILES string of the molecule is CCC(=O)SCCC(N)=O.